The minimum atomic E-state index is -0.495. The van der Waals surface area contributed by atoms with Crippen molar-refractivity contribution in [3.05, 3.63) is 71.8 Å². The predicted octanol–water partition coefficient (Wildman–Crippen LogP) is 3.59. The fourth-order valence-electron chi connectivity index (χ4n) is 2.39. The number of rotatable bonds is 5. The molecule has 0 fully saturated rings. The van der Waals surface area contributed by atoms with Crippen LogP contribution >= 0.6 is 0 Å². The number of imide groups is 1. The molecular weight excluding hydrogens is 316 g/mol. The summed E-state index contributed by atoms with van der Waals surface area (Å²) in [6.07, 6.45) is 0. The molecule has 0 N–H and O–H groups in total. The van der Waals surface area contributed by atoms with Crippen LogP contribution in [0.5, 0.6) is 0 Å². The third kappa shape index (κ3) is 4.53. The van der Waals surface area contributed by atoms with E-state index < -0.39 is 5.54 Å². The van der Waals surface area contributed by atoms with Crippen LogP contribution in [-0.2, 0) is 4.74 Å². The van der Waals surface area contributed by atoms with Crippen molar-refractivity contribution in [2.45, 2.75) is 26.3 Å². The van der Waals surface area contributed by atoms with Crippen molar-refractivity contribution < 1.29 is 14.3 Å². The van der Waals surface area contributed by atoms with Crippen molar-refractivity contribution >= 4 is 11.8 Å². The highest BCUT2D eigenvalue weighted by molar-refractivity contribution is 6.09. The van der Waals surface area contributed by atoms with Crippen molar-refractivity contribution in [2.75, 3.05) is 13.8 Å². The van der Waals surface area contributed by atoms with Crippen LogP contribution in [0.15, 0.2) is 60.7 Å². The van der Waals surface area contributed by atoms with E-state index in [1.54, 1.807) is 53.5 Å². The lowest BCUT2D eigenvalue weighted by molar-refractivity contribution is -0.104. The van der Waals surface area contributed by atoms with Gasteiger partial charge < -0.3 is 4.74 Å². The molecule has 0 saturated carbocycles. The van der Waals surface area contributed by atoms with Crippen LogP contribution in [0.4, 0.5) is 0 Å². The van der Waals surface area contributed by atoms with Crippen LogP contribution in [0.1, 0.15) is 41.5 Å². The summed E-state index contributed by atoms with van der Waals surface area (Å²) in [5.41, 5.74) is 0.388. The maximum absolute atomic E-state index is 13.1. The van der Waals surface area contributed by atoms with Gasteiger partial charge >= 0.3 is 0 Å². The molecule has 0 heterocycles. The van der Waals surface area contributed by atoms with Gasteiger partial charge in [0, 0.05) is 23.8 Å². The lowest BCUT2D eigenvalue weighted by atomic mass is 10.1. The van der Waals surface area contributed by atoms with Crippen molar-refractivity contribution in [3.8, 4) is 0 Å². The van der Waals surface area contributed by atoms with E-state index in [4.69, 9.17) is 4.74 Å². The molecule has 0 aliphatic rings. The maximum atomic E-state index is 13.1. The summed E-state index contributed by atoms with van der Waals surface area (Å²) >= 11 is 0. The molecule has 0 atom stereocenters. The van der Waals surface area contributed by atoms with E-state index in [9.17, 15) is 9.59 Å². The van der Waals surface area contributed by atoms with E-state index in [0.29, 0.717) is 11.1 Å². The normalized spacial score (nSPS) is 11.4. The molecule has 2 aromatic carbocycles. The number of methoxy groups -OCH3 is 1. The number of ether oxygens (including phenoxy) is 1. The van der Waals surface area contributed by atoms with Crippen molar-refractivity contribution in [2.24, 2.45) is 0 Å². The number of hydrogen-bond donors (Lipinski definition) is 0. The Morgan fingerprint density at radius 2 is 1.24 bits per heavy atom. The fraction of sp³-hybridized carbons (Fsp3) is 0.300. The number of nitrogens with zero attached hydrogens (tertiary/aromatic N) is 2. The van der Waals surface area contributed by atoms with Gasteiger partial charge in [0.2, 0.25) is 0 Å². The van der Waals surface area contributed by atoms with Gasteiger partial charge in [0.1, 0.15) is 6.73 Å². The number of hydrazine groups is 1. The van der Waals surface area contributed by atoms with Gasteiger partial charge in [-0.2, -0.15) is 10.0 Å². The number of benzene rings is 2. The first-order valence-electron chi connectivity index (χ1n) is 8.11. The quantitative estimate of drug-likeness (QED) is 0.474. The second kappa shape index (κ2) is 8.05. The summed E-state index contributed by atoms with van der Waals surface area (Å²) in [4.78, 5) is 26.3. The zero-order valence-corrected chi connectivity index (χ0v) is 15.1. The van der Waals surface area contributed by atoms with Crippen LogP contribution in [-0.4, -0.2) is 41.2 Å². The van der Waals surface area contributed by atoms with Gasteiger partial charge in [-0.3, -0.25) is 9.59 Å². The average molecular weight is 340 g/mol. The van der Waals surface area contributed by atoms with Gasteiger partial charge in [0.05, 0.1) is 0 Å². The highest BCUT2D eigenvalue weighted by Gasteiger charge is 2.36. The van der Waals surface area contributed by atoms with E-state index in [1.807, 2.05) is 32.9 Å². The third-order valence-electron chi connectivity index (χ3n) is 3.69. The Kier molecular flexibility index (Phi) is 6.07. The second-order valence-electron chi connectivity index (χ2n) is 6.64. The van der Waals surface area contributed by atoms with Gasteiger partial charge in [-0.15, -0.1) is 0 Å². The van der Waals surface area contributed by atoms with Gasteiger partial charge in [-0.25, -0.2) is 0 Å². The molecular formula is C20H24N2O3. The summed E-state index contributed by atoms with van der Waals surface area (Å²) < 4.78 is 5.26. The molecule has 0 aromatic heterocycles. The number of carbonyl (C=O) groups excluding carboxylic acids is 2. The number of carbonyl (C=O) groups is 2. The molecule has 2 aromatic rings. The van der Waals surface area contributed by atoms with E-state index in [1.165, 1.54) is 12.1 Å². The minimum Gasteiger partial charge on any atom is -0.368 e. The molecule has 0 unspecified atom stereocenters. The Balaban J connectivity index is 2.50. The monoisotopic (exact) mass is 340 g/mol. The third-order valence-corrected chi connectivity index (χ3v) is 3.69. The first-order chi connectivity index (χ1) is 11.9. The fourth-order valence-corrected chi connectivity index (χ4v) is 2.39. The van der Waals surface area contributed by atoms with Crippen molar-refractivity contribution in [3.63, 3.8) is 0 Å². The van der Waals surface area contributed by atoms with E-state index >= 15 is 0 Å². The summed E-state index contributed by atoms with van der Waals surface area (Å²) in [6, 6.07) is 17.5. The van der Waals surface area contributed by atoms with Crippen molar-refractivity contribution in [1.29, 1.82) is 0 Å². The average Bonchev–Trinajstić information content (AvgIpc) is 2.61. The Morgan fingerprint density at radius 3 is 1.56 bits per heavy atom. The Labute approximate surface area is 148 Å². The van der Waals surface area contributed by atoms with Crippen LogP contribution in [0.2, 0.25) is 0 Å². The summed E-state index contributed by atoms with van der Waals surface area (Å²) in [7, 11) is 1.54. The molecule has 0 aliphatic heterocycles. The summed E-state index contributed by atoms with van der Waals surface area (Å²) in [5.74, 6) is -0.775. The lowest BCUT2D eigenvalue weighted by Crippen LogP contribution is -2.58. The Bertz CT molecular complexity index is 657. The molecule has 0 saturated heterocycles. The molecule has 0 spiro atoms. The minimum absolute atomic E-state index is 0.112. The summed E-state index contributed by atoms with van der Waals surface area (Å²) in [5, 5.41) is 2.81. The van der Waals surface area contributed by atoms with Gasteiger partial charge in [0.25, 0.3) is 11.8 Å². The molecule has 25 heavy (non-hydrogen) atoms. The maximum Gasteiger partial charge on any atom is 0.275 e. The smallest absolute Gasteiger partial charge is 0.275 e. The highest BCUT2D eigenvalue weighted by Crippen LogP contribution is 2.21. The van der Waals surface area contributed by atoms with E-state index in [2.05, 4.69) is 0 Å². The molecule has 0 radical (unpaired) electrons. The molecule has 132 valence electrons. The largest absolute Gasteiger partial charge is 0.368 e. The predicted molar refractivity (Wildman–Crippen MR) is 96.9 cm³/mol. The standard InChI is InChI=1S/C20H24N2O3/c1-20(2,3)21(15-25-4)22(18(23)16-11-7-5-8-12-16)19(24)17-13-9-6-10-14-17/h5-14H,15H2,1-4H3. The topological polar surface area (TPSA) is 49.9 Å². The highest BCUT2D eigenvalue weighted by atomic mass is 16.5. The molecule has 2 amide bonds. The van der Waals surface area contributed by atoms with Crippen LogP contribution in [0.25, 0.3) is 0 Å². The van der Waals surface area contributed by atoms with Crippen LogP contribution in [0, 0.1) is 0 Å². The first-order valence-corrected chi connectivity index (χ1v) is 8.11. The summed E-state index contributed by atoms with van der Waals surface area (Å²) in [6.45, 7) is 5.89. The molecule has 0 bridgehead atoms. The second-order valence-corrected chi connectivity index (χ2v) is 6.64. The van der Waals surface area contributed by atoms with Gasteiger partial charge in [0.15, 0.2) is 0 Å². The van der Waals surface area contributed by atoms with Gasteiger partial charge in [-0.1, -0.05) is 36.4 Å². The zero-order chi connectivity index (χ0) is 18.4. The van der Waals surface area contributed by atoms with Crippen molar-refractivity contribution in [1.82, 2.24) is 10.0 Å². The van der Waals surface area contributed by atoms with Crippen LogP contribution < -0.4 is 0 Å². The lowest BCUT2D eigenvalue weighted by Gasteiger charge is -2.41. The molecule has 5 nitrogen and oxygen atoms in total. The zero-order valence-electron chi connectivity index (χ0n) is 15.1. The SMILES string of the molecule is COCN(N(C(=O)c1ccccc1)C(=O)c1ccccc1)C(C)(C)C. The van der Waals surface area contributed by atoms with E-state index in [0.717, 1.165) is 0 Å². The van der Waals surface area contributed by atoms with Crippen LogP contribution in [0.3, 0.4) is 0 Å². The van der Waals surface area contributed by atoms with E-state index in [-0.39, 0.29) is 18.5 Å². The molecule has 2 rings (SSSR count). The molecule has 5 heteroatoms. The number of amides is 2. The van der Waals surface area contributed by atoms with Gasteiger partial charge in [-0.05, 0) is 45.0 Å². The Hall–Kier alpha value is -2.50. The number of hydrogen-bond acceptors (Lipinski definition) is 4. The first kappa shape index (κ1) is 18.8. The molecule has 0 aliphatic carbocycles. The Morgan fingerprint density at radius 1 is 0.840 bits per heavy atom.